The molecule has 1 heterocycles. The average Bonchev–Trinajstić information content (AvgIpc) is 3.17. The number of benzene rings is 2. The molecule has 27 heavy (non-hydrogen) atoms. The summed E-state index contributed by atoms with van der Waals surface area (Å²) in [6, 6.07) is 11.1. The number of carbonyl (C=O) groups excluding carboxylic acids is 1. The molecule has 144 valence electrons. The summed E-state index contributed by atoms with van der Waals surface area (Å²) in [5, 5.41) is 3.61. The van der Waals surface area contributed by atoms with Crippen molar-refractivity contribution in [3.63, 3.8) is 0 Å². The second kappa shape index (κ2) is 8.19. The first-order chi connectivity index (χ1) is 12.8. The van der Waals surface area contributed by atoms with Crippen LogP contribution in [0.1, 0.15) is 41.7 Å². The summed E-state index contributed by atoms with van der Waals surface area (Å²) in [5.41, 5.74) is 0.971. The summed E-state index contributed by atoms with van der Waals surface area (Å²) in [6.45, 7) is 2.82. The van der Waals surface area contributed by atoms with Gasteiger partial charge in [-0.3, -0.25) is 4.79 Å². The largest absolute Gasteiger partial charge is 0.345 e. The van der Waals surface area contributed by atoms with Crippen molar-refractivity contribution in [2.45, 2.75) is 30.7 Å². The molecule has 0 radical (unpaired) electrons. The molecule has 1 aliphatic rings. The maximum Gasteiger partial charge on any atom is 0.253 e. The Kier molecular flexibility index (Phi) is 6.11. The summed E-state index contributed by atoms with van der Waals surface area (Å²) in [5.74, 6) is -0.439. The van der Waals surface area contributed by atoms with Gasteiger partial charge in [0.25, 0.3) is 5.91 Å². The Morgan fingerprint density at radius 3 is 2.48 bits per heavy atom. The zero-order chi connectivity index (χ0) is 19.6. The number of nitrogens with zero attached hydrogens (tertiary/aromatic N) is 1. The number of nitrogens with one attached hydrogen (secondary N) is 1. The van der Waals surface area contributed by atoms with Gasteiger partial charge in [-0.05, 0) is 55.7 Å². The highest BCUT2D eigenvalue weighted by molar-refractivity contribution is 7.89. The number of amides is 1. The molecule has 1 aliphatic heterocycles. The predicted molar refractivity (Wildman–Crippen MR) is 107 cm³/mol. The molecule has 1 amide bonds. The Morgan fingerprint density at radius 1 is 1.11 bits per heavy atom. The number of sulfonamides is 1. The fraction of sp³-hybridized carbons (Fsp3) is 0.316. The number of carbonyl (C=O) groups is 1. The molecule has 0 aromatic heterocycles. The molecule has 0 spiro atoms. The molecule has 2 aromatic carbocycles. The third-order valence-corrected chi connectivity index (χ3v) is 7.04. The van der Waals surface area contributed by atoms with Gasteiger partial charge < -0.3 is 5.32 Å². The third-order valence-electron chi connectivity index (χ3n) is 4.58. The smallest absolute Gasteiger partial charge is 0.253 e. The van der Waals surface area contributed by atoms with Gasteiger partial charge in [-0.1, -0.05) is 35.3 Å². The van der Waals surface area contributed by atoms with Gasteiger partial charge in [-0.25, -0.2) is 8.42 Å². The van der Waals surface area contributed by atoms with Crippen molar-refractivity contribution in [1.82, 2.24) is 9.62 Å². The summed E-state index contributed by atoms with van der Waals surface area (Å²) < 4.78 is 26.9. The lowest BCUT2D eigenvalue weighted by Crippen LogP contribution is -2.29. The average molecular weight is 427 g/mol. The van der Waals surface area contributed by atoms with Gasteiger partial charge in [-0.15, -0.1) is 0 Å². The van der Waals surface area contributed by atoms with Crippen LogP contribution in [0.25, 0.3) is 0 Å². The van der Waals surface area contributed by atoms with Gasteiger partial charge in [-0.2, -0.15) is 4.31 Å². The Morgan fingerprint density at radius 2 is 1.81 bits per heavy atom. The van der Waals surface area contributed by atoms with Crippen LogP contribution in [-0.2, 0) is 10.0 Å². The Bertz CT molecular complexity index is 957. The molecule has 2 aromatic rings. The Hall–Kier alpha value is -1.60. The number of rotatable bonds is 5. The van der Waals surface area contributed by atoms with E-state index in [1.54, 1.807) is 18.2 Å². The number of hydrogen-bond acceptors (Lipinski definition) is 3. The minimum atomic E-state index is -3.62. The van der Waals surface area contributed by atoms with Crippen LogP contribution < -0.4 is 5.32 Å². The molecule has 1 atom stereocenters. The standard InChI is InChI=1S/C19H20Cl2N2O3S/c1-13(14-5-4-6-15(20)11-14)22-19(24)17-12-16(7-8-18(17)21)27(25,26)23-9-2-3-10-23/h4-8,11-13H,2-3,9-10H2,1H3,(H,22,24). The van der Waals surface area contributed by atoms with E-state index in [1.165, 1.54) is 22.5 Å². The predicted octanol–water partition coefficient (Wildman–Crippen LogP) is 4.27. The highest BCUT2D eigenvalue weighted by Gasteiger charge is 2.28. The van der Waals surface area contributed by atoms with E-state index in [2.05, 4.69) is 5.32 Å². The van der Waals surface area contributed by atoms with Crippen LogP contribution in [0.2, 0.25) is 10.0 Å². The highest BCUT2D eigenvalue weighted by Crippen LogP contribution is 2.26. The highest BCUT2D eigenvalue weighted by atomic mass is 35.5. The van der Waals surface area contributed by atoms with Crippen molar-refractivity contribution in [2.24, 2.45) is 0 Å². The molecule has 0 bridgehead atoms. The summed E-state index contributed by atoms with van der Waals surface area (Å²) in [6.07, 6.45) is 1.69. The molecule has 8 heteroatoms. The van der Waals surface area contributed by atoms with Gasteiger partial charge in [0.2, 0.25) is 10.0 Å². The van der Waals surface area contributed by atoms with Crippen LogP contribution in [0.5, 0.6) is 0 Å². The molecular formula is C19H20Cl2N2O3S. The van der Waals surface area contributed by atoms with Gasteiger partial charge in [0, 0.05) is 18.1 Å². The fourth-order valence-corrected chi connectivity index (χ4v) is 5.00. The van der Waals surface area contributed by atoms with E-state index < -0.39 is 15.9 Å². The van der Waals surface area contributed by atoms with E-state index in [-0.39, 0.29) is 21.5 Å². The van der Waals surface area contributed by atoms with Crippen molar-refractivity contribution in [1.29, 1.82) is 0 Å². The van der Waals surface area contributed by atoms with E-state index in [1.807, 2.05) is 13.0 Å². The lowest BCUT2D eigenvalue weighted by Gasteiger charge is -2.18. The lowest BCUT2D eigenvalue weighted by atomic mass is 10.1. The molecule has 3 rings (SSSR count). The van der Waals surface area contributed by atoms with Gasteiger partial charge in [0.1, 0.15) is 0 Å². The molecule has 1 fully saturated rings. The Balaban J connectivity index is 1.84. The van der Waals surface area contributed by atoms with Crippen LogP contribution in [0.15, 0.2) is 47.4 Å². The molecule has 1 unspecified atom stereocenters. The van der Waals surface area contributed by atoms with Crippen LogP contribution in [0.4, 0.5) is 0 Å². The summed E-state index contributed by atoms with van der Waals surface area (Å²) in [4.78, 5) is 12.8. The summed E-state index contributed by atoms with van der Waals surface area (Å²) in [7, 11) is -3.62. The molecule has 5 nitrogen and oxygen atoms in total. The topological polar surface area (TPSA) is 66.5 Å². The first kappa shape index (κ1) is 20.1. The van der Waals surface area contributed by atoms with E-state index in [0.717, 1.165) is 18.4 Å². The van der Waals surface area contributed by atoms with Crippen LogP contribution in [0, 0.1) is 0 Å². The van der Waals surface area contributed by atoms with Crippen LogP contribution in [0.3, 0.4) is 0 Å². The first-order valence-electron chi connectivity index (χ1n) is 8.65. The number of hydrogen-bond donors (Lipinski definition) is 1. The van der Waals surface area contributed by atoms with Crippen molar-refractivity contribution in [2.75, 3.05) is 13.1 Å². The molecule has 0 aliphatic carbocycles. The van der Waals surface area contributed by atoms with Crippen LogP contribution >= 0.6 is 23.2 Å². The van der Waals surface area contributed by atoms with E-state index >= 15 is 0 Å². The second-order valence-electron chi connectivity index (χ2n) is 6.50. The van der Waals surface area contributed by atoms with Gasteiger partial charge >= 0.3 is 0 Å². The number of halogens is 2. The minimum absolute atomic E-state index is 0.0781. The maximum atomic E-state index is 12.7. The molecule has 0 saturated carbocycles. The normalized spacial score (nSPS) is 16.3. The van der Waals surface area contributed by atoms with E-state index in [0.29, 0.717) is 18.1 Å². The van der Waals surface area contributed by atoms with E-state index in [4.69, 9.17) is 23.2 Å². The van der Waals surface area contributed by atoms with Crippen molar-refractivity contribution >= 4 is 39.1 Å². The van der Waals surface area contributed by atoms with Gasteiger partial charge in [0.15, 0.2) is 0 Å². The SMILES string of the molecule is CC(NC(=O)c1cc(S(=O)(=O)N2CCCC2)ccc1Cl)c1cccc(Cl)c1. The fourth-order valence-electron chi connectivity index (χ4n) is 3.05. The third kappa shape index (κ3) is 4.46. The molecular weight excluding hydrogens is 407 g/mol. The lowest BCUT2D eigenvalue weighted by molar-refractivity contribution is 0.0940. The van der Waals surface area contributed by atoms with E-state index in [9.17, 15) is 13.2 Å². The monoisotopic (exact) mass is 426 g/mol. The van der Waals surface area contributed by atoms with Crippen LogP contribution in [-0.4, -0.2) is 31.7 Å². The minimum Gasteiger partial charge on any atom is -0.345 e. The Labute approximate surface area is 169 Å². The van der Waals surface area contributed by atoms with Crippen molar-refractivity contribution < 1.29 is 13.2 Å². The van der Waals surface area contributed by atoms with Crippen molar-refractivity contribution in [3.05, 3.63) is 63.6 Å². The molecule has 1 saturated heterocycles. The summed E-state index contributed by atoms with van der Waals surface area (Å²) >= 11 is 12.2. The molecule has 1 N–H and O–H groups in total. The maximum absolute atomic E-state index is 12.7. The zero-order valence-electron chi connectivity index (χ0n) is 14.8. The zero-order valence-corrected chi connectivity index (χ0v) is 17.1. The van der Waals surface area contributed by atoms with Gasteiger partial charge in [0.05, 0.1) is 21.5 Å². The quantitative estimate of drug-likeness (QED) is 0.775. The second-order valence-corrected chi connectivity index (χ2v) is 9.28. The first-order valence-corrected chi connectivity index (χ1v) is 10.8. The van der Waals surface area contributed by atoms with Crippen molar-refractivity contribution in [3.8, 4) is 0 Å².